The molecule has 8 heteroatoms. The zero-order valence-corrected chi connectivity index (χ0v) is 20.4. The molecule has 0 fully saturated rings. The van der Waals surface area contributed by atoms with Crippen molar-refractivity contribution in [2.45, 2.75) is 6.92 Å². The van der Waals surface area contributed by atoms with Crippen LogP contribution in [0.3, 0.4) is 0 Å². The van der Waals surface area contributed by atoms with Crippen molar-refractivity contribution >= 4 is 34.5 Å². The van der Waals surface area contributed by atoms with E-state index >= 15 is 0 Å². The lowest BCUT2D eigenvalue weighted by Crippen LogP contribution is -2.13. The molecule has 0 unspecified atom stereocenters. The summed E-state index contributed by atoms with van der Waals surface area (Å²) in [5, 5.41) is 11.0. The molecule has 3 aromatic carbocycles. The van der Waals surface area contributed by atoms with Crippen LogP contribution >= 0.6 is 28.3 Å². The molecule has 1 aromatic heterocycles. The van der Waals surface area contributed by atoms with Crippen molar-refractivity contribution in [3.8, 4) is 34.2 Å². The number of hydrogen-bond acceptors (Lipinski definition) is 6. The molecule has 0 bridgehead atoms. The number of halogens is 1. The van der Waals surface area contributed by atoms with Gasteiger partial charge in [-0.25, -0.2) is 0 Å². The molecule has 0 saturated carbocycles. The number of benzene rings is 3. The van der Waals surface area contributed by atoms with Crippen LogP contribution < -0.4 is 19.0 Å². The van der Waals surface area contributed by atoms with Gasteiger partial charge in [0.15, 0.2) is 11.5 Å². The van der Waals surface area contributed by atoms with Crippen molar-refractivity contribution in [1.29, 1.82) is 0 Å². The molecule has 2 heterocycles. The topological polar surface area (TPSA) is 57.3 Å². The molecular formula is C25H22BrN3O3S. The first-order valence-electron chi connectivity index (χ1n) is 10.3. The van der Waals surface area contributed by atoms with Crippen LogP contribution in [0.5, 0.6) is 17.2 Å². The Morgan fingerprint density at radius 3 is 2.58 bits per heavy atom. The second kappa shape index (κ2) is 10.5. The van der Waals surface area contributed by atoms with Crippen molar-refractivity contribution < 1.29 is 14.2 Å². The summed E-state index contributed by atoms with van der Waals surface area (Å²) in [6, 6.07) is 24.0. The molecule has 0 spiro atoms. The number of para-hydroxylation sites is 1. The Morgan fingerprint density at radius 2 is 1.79 bits per heavy atom. The van der Waals surface area contributed by atoms with Gasteiger partial charge in [0, 0.05) is 11.1 Å². The van der Waals surface area contributed by atoms with Gasteiger partial charge in [-0.05, 0) is 72.6 Å². The molecule has 0 aliphatic carbocycles. The molecule has 33 heavy (non-hydrogen) atoms. The molecule has 6 nitrogen and oxygen atoms in total. The van der Waals surface area contributed by atoms with Crippen molar-refractivity contribution in [1.82, 2.24) is 4.57 Å². The first-order chi connectivity index (χ1) is 15.8. The third-order valence-corrected chi connectivity index (χ3v) is 5.75. The van der Waals surface area contributed by atoms with Gasteiger partial charge >= 0.3 is 0 Å². The van der Waals surface area contributed by atoms with Crippen LogP contribution in [0.25, 0.3) is 16.9 Å². The molecule has 0 N–H and O–H groups in total. The van der Waals surface area contributed by atoms with E-state index in [4.69, 9.17) is 14.2 Å². The van der Waals surface area contributed by atoms with Crippen LogP contribution in [0, 0.1) is 0 Å². The maximum atomic E-state index is 5.58. The highest BCUT2D eigenvalue weighted by atomic mass is 79.9. The Balaban J connectivity index is 0.00000259. The number of ether oxygens (including phenoxy) is 3. The summed E-state index contributed by atoms with van der Waals surface area (Å²) in [5.74, 6) is 2.33. The summed E-state index contributed by atoms with van der Waals surface area (Å²) in [6.45, 7) is 2.88. The smallest absolute Gasteiger partial charge is 0.231 e. The SMILES string of the molecule is Br.CCOc1ccc(-c2cs/c(=N\N=C\c3ccc4c(c3)OCO4)n2-c2ccccc2)cc1. The standard InChI is InChI=1S/C25H21N3O3S.BrH/c1-2-29-21-11-9-19(10-12-21)22-16-32-25(28(22)20-6-4-3-5-7-20)27-26-15-18-8-13-23-24(14-18)31-17-30-23;/h3-16H,2,17H2,1H3;1H/b26-15+,27-25-;. The van der Waals surface area contributed by atoms with E-state index < -0.39 is 0 Å². The monoisotopic (exact) mass is 523 g/mol. The zero-order chi connectivity index (χ0) is 21.8. The van der Waals surface area contributed by atoms with Crippen LogP contribution in [0.15, 0.2) is 88.4 Å². The number of fused-ring (bicyclic) bond motifs is 1. The zero-order valence-electron chi connectivity index (χ0n) is 17.9. The molecular weight excluding hydrogens is 502 g/mol. The van der Waals surface area contributed by atoms with Crippen molar-refractivity contribution in [2.24, 2.45) is 10.2 Å². The van der Waals surface area contributed by atoms with Gasteiger partial charge in [-0.15, -0.1) is 33.4 Å². The van der Waals surface area contributed by atoms with Crippen LogP contribution in [-0.4, -0.2) is 24.2 Å². The van der Waals surface area contributed by atoms with Crippen LogP contribution in [-0.2, 0) is 0 Å². The molecule has 5 rings (SSSR count). The predicted molar refractivity (Wildman–Crippen MR) is 136 cm³/mol. The summed E-state index contributed by atoms with van der Waals surface area (Å²) in [4.78, 5) is 0.775. The van der Waals surface area contributed by atoms with Gasteiger partial charge in [0.25, 0.3) is 0 Å². The Hall–Kier alpha value is -3.36. The normalized spacial score (nSPS) is 12.7. The van der Waals surface area contributed by atoms with Crippen molar-refractivity contribution in [3.05, 3.63) is 88.5 Å². The lowest BCUT2D eigenvalue weighted by Gasteiger charge is -2.10. The largest absolute Gasteiger partial charge is 0.494 e. The fourth-order valence-electron chi connectivity index (χ4n) is 3.44. The minimum atomic E-state index is 0. The summed E-state index contributed by atoms with van der Waals surface area (Å²) >= 11 is 1.54. The summed E-state index contributed by atoms with van der Waals surface area (Å²) in [7, 11) is 0. The number of nitrogens with zero attached hydrogens (tertiary/aromatic N) is 3. The van der Waals surface area contributed by atoms with E-state index in [2.05, 4.69) is 44.4 Å². The van der Waals surface area contributed by atoms with Gasteiger partial charge < -0.3 is 14.2 Å². The van der Waals surface area contributed by atoms with E-state index in [0.29, 0.717) is 6.61 Å². The van der Waals surface area contributed by atoms with E-state index in [9.17, 15) is 0 Å². The minimum absolute atomic E-state index is 0. The van der Waals surface area contributed by atoms with Gasteiger partial charge in [-0.1, -0.05) is 18.2 Å². The summed E-state index contributed by atoms with van der Waals surface area (Å²) < 4.78 is 18.5. The molecule has 4 aromatic rings. The Bertz CT molecular complexity index is 1310. The second-order valence-electron chi connectivity index (χ2n) is 6.99. The highest BCUT2D eigenvalue weighted by Gasteiger charge is 2.13. The second-order valence-corrected chi connectivity index (χ2v) is 7.83. The highest BCUT2D eigenvalue weighted by molar-refractivity contribution is 8.93. The Morgan fingerprint density at radius 1 is 1.00 bits per heavy atom. The molecule has 0 radical (unpaired) electrons. The maximum Gasteiger partial charge on any atom is 0.231 e. The van der Waals surface area contributed by atoms with Gasteiger partial charge in [0.1, 0.15) is 5.75 Å². The maximum absolute atomic E-state index is 5.58. The van der Waals surface area contributed by atoms with Gasteiger partial charge in [0.2, 0.25) is 11.6 Å². The molecule has 0 amide bonds. The summed E-state index contributed by atoms with van der Waals surface area (Å²) in [5.41, 5.74) is 4.04. The van der Waals surface area contributed by atoms with E-state index in [1.807, 2.05) is 55.5 Å². The van der Waals surface area contributed by atoms with E-state index in [1.165, 1.54) is 0 Å². The number of aromatic nitrogens is 1. The average Bonchev–Trinajstić information content (AvgIpc) is 3.47. The molecule has 0 atom stereocenters. The van der Waals surface area contributed by atoms with Crippen LogP contribution in [0.2, 0.25) is 0 Å². The van der Waals surface area contributed by atoms with Crippen LogP contribution in [0.4, 0.5) is 0 Å². The quantitative estimate of drug-likeness (QED) is 0.235. The third kappa shape index (κ3) is 5.02. The molecule has 168 valence electrons. The third-order valence-electron chi connectivity index (χ3n) is 4.93. The van der Waals surface area contributed by atoms with E-state index in [0.717, 1.165) is 44.6 Å². The van der Waals surface area contributed by atoms with Crippen LogP contribution in [0.1, 0.15) is 12.5 Å². The van der Waals surface area contributed by atoms with Crippen molar-refractivity contribution in [2.75, 3.05) is 13.4 Å². The van der Waals surface area contributed by atoms with Gasteiger partial charge in [-0.2, -0.15) is 5.10 Å². The highest BCUT2D eigenvalue weighted by Crippen LogP contribution is 2.32. The van der Waals surface area contributed by atoms with E-state index in [1.54, 1.807) is 17.6 Å². The summed E-state index contributed by atoms with van der Waals surface area (Å²) in [6.07, 6.45) is 1.72. The van der Waals surface area contributed by atoms with Gasteiger partial charge in [-0.3, -0.25) is 4.57 Å². The lowest BCUT2D eigenvalue weighted by atomic mass is 10.1. The fraction of sp³-hybridized carbons (Fsp3) is 0.120. The lowest BCUT2D eigenvalue weighted by molar-refractivity contribution is 0.174. The number of thiazole rings is 1. The molecule has 1 aliphatic heterocycles. The number of hydrogen-bond donors (Lipinski definition) is 0. The first-order valence-corrected chi connectivity index (χ1v) is 11.2. The fourth-order valence-corrected chi connectivity index (χ4v) is 4.30. The predicted octanol–water partition coefficient (Wildman–Crippen LogP) is 5.85. The Kier molecular flexibility index (Phi) is 7.26. The van der Waals surface area contributed by atoms with E-state index in [-0.39, 0.29) is 23.8 Å². The first kappa shape index (κ1) is 22.8. The molecule has 0 saturated heterocycles. The average molecular weight is 524 g/mol. The van der Waals surface area contributed by atoms with Crippen molar-refractivity contribution in [3.63, 3.8) is 0 Å². The minimum Gasteiger partial charge on any atom is -0.494 e. The number of rotatable bonds is 6. The Labute approximate surface area is 206 Å². The van der Waals surface area contributed by atoms with Gasteiger partial charge in [0.05, 0.1) is 18.5 Å². The molecule has 1 aliphatic rings.